The van der Waals surface area contributed by atoms with E-state index in [2.05, 4.69) is 38.7 Å². The maximum Gasteiger partial charge on any atom is 0.121 e. The molecule has 1 rings (SSSR count). The van der Waals surface area contributed by atoms with Gasteiger partial charge < -0.3 is 9.64 Å². The highest BCUT2D eigenvalue weighted by Gasteiger charge is 2.20. The van der Waals surface area contributed by atoms with Gasteiger partial charge in [-0.3, -0.25) is 0 Å². The molecule has 0 fully saturated rings. The second-order valence-corrected chi connectivity index (χ2v) is 5.51. The summed E-state index contributed by atoms with van der Waals surface area (Å²) in [6.45, 7) is 9.78. The fourth-order valence-corrected chi connectivity index (χ4v) is 2.54. The number of ether oxygens (including phenoxy) is 1. The summed E-state index contributed by atoms with van der Waals surface area (Å²) < 4.78 is 5.32. The molecule has 0 heterocycles. The Bertz CT molecular complexity index is 459. The fourth-order valence-electron chi connectivity index (χ4n) is 2.54. The average molecular weight is 274 g/mol. The number of hydrogen-bond acceptors (Lipinski definition) is 3. The van der Waals surface area contributed by atoms with Crippen LogP contribution in [0.3, 0.4) is 0 Å². The van der Waals surface area contributed by atoms with Gasteiger partial charge in [-0.25, -0.2) is 0 Å². The van der Waals surface area contributed by atoms with E-state index < -0.39 is 0 Å². The third-order valence-corrected chi connectivity index (χ3v) is 3.58. The zero-order valence-electron chi connectivity index (χ0n) is 13.3. The third-order valence-electron chi connectivity index (χ3n) is 3.58. The number of nitrogens with zero attached hydrogens (tertiary/aromatic N) is 2. The average Bonchev–Trinajstić information content (AvgIpc) is 2.46. The highest BCUT2D eigenvalue weighted by molar-refractivity contribution is 5.62. The van der Waals surface area contributed by atoms with E-state index >= 15 is 0 Å². The molecular weight excluding hydrogens is 248 g/mol. The van der Waals surface area contributed by atoms with E-state index in [0.717, 1.165) is 36.4 Å². The fraction of sp³-hybridized carbons (Fsp3) is 0.588. The van der Waals surface area contributed by atoms with Gasteiger partial charge in [0, 0.05) is 18.7 Å². The highest BCUT2D eigenvalue weighted by atomic mass is 16.5. The van der Waals surface area contributed by atoms with E-state index in [1.165, 1.54) is 0 Å². The Labute approximate surface area is 123 Å². The second kappa shape index (κ2) is 7.79. The van der Waals surface area contributed by atoms with Crippen LogP contribution in [0.5, 0.6) is 5.75 Å². The lowest BCUT2D eigenvalue weighted by Gasteiger charge is -2.35. The molecule has 0 aromatic heterocycles. The molecule has 0 N–H and O–H groups in total. The van der Waals surface area contributed by atoms with Gasteiger partial charge in [0.1, 0.15) is 11.8 Å². The van der Waals surface area contributed by atoms with Gasteiger partial charge in [0.25, 0.3) is 0 Å². The Balaban J connectivity index is 3.27. The molecule has 3 heteroatoms. The van der Waals surface area contributed by atoms with Crippen molar-refractivity contribution in [1.29, 1.82) is 5.26 Å². The van der Waals surface area contributed by atoms with Crippen LogP contribution in [0.4, 0.5) is 5.69 Å². The van der Waals surface area contributed by atoms with Crippen molar-refractivity contribution < 1.29 is 4.74 Å². The Morgan fingerprint density at radius 2 is 1.90 bits per heavy atom. The first-order chi connectivity index (χ1) is 9.57. The van der Waals surface area contributed by atoms with Crippen molar-refractivity contribution in [3.8, 4) is 11.8 Å². The van der Waals surface area contributed by atoms with Gasteiger partial charge in [-0.1, -0.05) is 27.7 Å². The molecule has 1 aromatic rings. The normalized spacial score (nSPS) is 10.7. The van der Waals surface area contributed by atoms with E-state index in [0.29, 0.717) is 12.0 Å². The van der Waals surface area contributed by atoms with Gasteiger partial charge in [0.05, 0.1) is 18.4 Å². The molecule has 0 aliphatic heterocycles. The van der Waals surface area contributed by atoms with Crippen molar-refractivity contribution in [3.05, 3.63) is 23.8 Å². The zero-order valence-corrected chi connectivity index (χ0v) is 13.3. The molecule has 0 radical (unpaired) electrons. The van der Waals surface area contributed by atoms with Gasteiger partial charge in [0.2, 0.25) is 0 Å². The SMILES string of the molecule is CCC(CC)N(CC(C)C)c1cc(OC)ccc1C#N. The smallest absolute Gasteiger partial charge is 0.121 e. The molecule has 1 aromatic carbocycles. The van der Waals surface area contributed by atoms with Gasteiger partial charge in [-0.15, -0.1) is 0 Å². The predicted molar refractivity (Wildman–Crippen MR) is 84.3 cm³/mol. The van der Waals surface area contributed by atoms with Crippen LogP contribution in [0.2, 0.25) is 0 Å². The second-order valence-electron chi connectivity index (χ2n) is 5.51. The first-order valence-electron chi connectivity index (χ1n) is 7.42. The Hall–Kier alpha value is -1.69. The molecule has 0 aliphatic carbocycles. The Morgan fingerprint density at radius 3 is 2.35 bits per heavy atom. The highest BCUT2D eigenvalue weighted by Crippen LogP contribution is 2.29. The van der Waals surface area contributed by atoms with Crippen LogP contribution < -0.4 is 9.64 Å². The van der Waals surface area contributed by atoms with Crippen LogP contribution in [0.15, 0.2) is 18.2 Å². The third kappa shape index (κ3) is 3.90. The molecule has 0 amide bonds. The number of benzene rings is 1. The summed E-state index contributed by atoms with van der Waals surface area (Å²) in [5.74, 6) is 1.35. The minimum Gasteiger partial charge on any atom is -0.497 e. The molecule has 0 unspecified atom stereocenters. The molecule has 20 heavy (non-hydrogen) atoms. The number of methoxy groups -OCH3 is 1. The van der Waals surface area contributed by atoms with Gasteiger partial charge in [-0.2, -0.15) is 5.26 Å². The molecule has 0 bridgehead atoms. The molecule has 3 nitrogen and oxygen atoms in total. The van der Waals surface area contributed by atoms with Crippen molar-refractivity contribution >= 4 is 5.69 Å². The lowest BCUT2D eigenvalue weighted by molar-refractivity contribution is 0.414. The van der Waals surface area contributed by atoms with Gasteiger partial charge >= 0.3 is 0 Å². The summed E-state index contributed by atoms with van der Waals surface area (Å²) in [6.07, 6.45) is 2.15. The molecule has 0 aliphatic rings. The lowest BCUT2D eigenvalue weighted by Crippen LogP contribution is -2.37. The number of anilines is 1. The molecule has 110 valence electrons. The largest absolute Gasteiger partial charge is 0.497 e. The van der Waals surface area contributed by atoms with Crippen LogP contribution in [-0.2, 0) is 0 Å². The molecule has 0 saturated carbocycles. The van der Waals surface area contributed by atoms with Crippen LogP contribution in [0, 0.1) is 17.2 Å². The minimum absolute atomic E-state index is 0.455. The molecular formula is C17H26N2O. The minimum atomic E-state index is 0.455. The lowest BCUT2D eigenvalue weighted by atomic mass is 10.0. The Kier molecular flexibility index (Phi) is 6.38. The summed E-state index contributed by atoms with van der Waals surface area (Å²) in [6, 6.07) is 8.45. The maximum atomic E-state index is 9.37. The van der Waals surface area contributed by atoms with Gasteiger partial charge in [-0.05, 0) is 30.9 Å². The van der Waals surface area contributed by atoms with Crippen molar-refractivity contribution in [2.75, 3.05) is 18.6 Å². The molecule has 0 atom stereocenters. The standard InChI is InChI=1S/C17H26N2O/c1-6-15(7-2)19(12-13(3)4)17-10-16(20-5)9-8-14(17)11-18/h8-10,13,15H,6-7,12H2,1-5H3. The van der Waals surface area contributed by atoms with E-state index in [-0.39, 0.29) is 0 Å². The van der Waals surface area contributed by atoms with Crippen LogP contribution >= 0.6 is 0 Å². The van der Waals surface area contributed by atoms with Gasteiger partial charge in [0.15, 0.2) is 0 Å². The summed E-state index contributed by atoms with van der Waals surface area (Å²) in [7, 11) is 1.66. The quantitative estimate of drug-likeness (QED) is 0.747. The monoisotopic (exact) mass is 274 g/mol. The van der Waals surface area contributed by atoms with Crippen molar-refractivity contribution in [3.63, 3.8) is 0 Å². The van der Waals surface area contributed by atoms with E-state index in [4.69, 9.17) is 4.74 Å². The summed E-state index contributed by atoms with van der Waals surface area (Å²) in [5, 5.41) is 9.37. The summed E-state index contributed by atoms with van der Waals surface area (Å²) in [4.78, 5) is 2.37. The summed E-state index contributed by atoms with van der Waals surface area (Å²) >= 11 is 0. The Morgan fingerprint density at radius 1 is 1.25 bits per heavy atom. The van der Waals surface area contributed by atoms with Crippen molar-refractivity contribution in [2.24, 2.45) is 5.92 Å². The van der Waals surface area contributed by atoms with E-state index in [9.17, 15) is 5.26 Å². The first-order valence-corrected chi connectivity index (χ1v) is 7.42. The van der Waals surface area contributed by atoms with Crippen LogP contribution in [0.25, 0.3) is 0 Å². The maximum absolute atomic E-state index is 9.37. The number of hydrogen-bond donors (Lipinski definition) is 0. The topological polar surface area (TPSA) is 36.3 Å². The molecule has 0 spiro atoms. The van der Waals surface area contributed by atoms with E-state index in [1.54, 1.807) is 7.11 Å². The summed E-state index contributed by atoms with van der Waals surface area (Å²) in [5.41, 5.74) is 1.72. The predicted octanol–water partition coefficient (Wildman–Crippen LogP) is 4.22. The van der Waals surface area contributed by atoms with E-state index in [1.807, 2.05) is 18.2 Å². The first kappa shape index (κ1) is 16.4. The number of rotatable bonds is 7. The zero-order chi connectivity index (χ0) is 15.1. The van der Waals surface area contributed by atoms with Crippen molar-refractivity contribution in [1.82, 2.24) is 0 Å². The van der Waals surface area contributed by atoms with Crippen molar-refractivity contribution in [2.45, 2.75) is 46.6 Å². The van der Waals surface area contributed by atoms with Crippen LogP contribution in [0.1, 0.15) is 46.1 Å². The molecule has 0 saturated heterocycles. The number of nitriles is 1. The van der Waals surface area contributed by atoms with Crippen LogP contribution in [-0.4, -0.2) is 19.7 Å².